The first-order valence-corrected chi connectivity index (χ1v) is 6.45. The molecular formula is C14H10F2O2S. The number of aromatic carboxylic acids is 1. The summed E-state index contributed by atoms with van der Waals surface area (Å²) >= 11 is 1.19. The quantitative estimate of drug-likeness (QED) is 0.861. The highest BCUT2D eigenvalue weighted by atomic mass is 32.2. The first-order valence-electron chi connectivity index (χ1n) is 5.47. The number of hydrogen-bond acceptors (Lipinski definition) is 2. The van der Waals surface area contributed by atoms with E-state index in [0.29, 0.717) is 4.90 Å². The van der Waals surface area contributed by atoms with Crippen molar-refractivity contribution in [2.75, 3.05) is 0 Å². The van der Waals surface area contributed by atoms with Crippen LogP contribution in [0.1, 0.15) is 15.9 Å². The Morgan fingerprint density at radius 1 is 1.11 bits per heavy atom. The van der Waals surface area contributed by atoms with Crippen LogP contribution in [-0.2, 0) is 5.75 Å². The third-order valence-electron chi connectivity index (χ3n) is 2.53. The molecule has 2 nitrogen and oxygen atoms in total. The van der Waals surface area contributed by atoms with Crippen LogP contribution in [-0.4, -0.2) is 11.1 Å². The Morgan fingerprint density at radius 2 is 1.74 bits per heavy atom. The van der Waals surface area contributed by atoms with E-state index in [1.807, 2.05) is 0 Å². The second kappa shape index (κ2) is 5.84. The van der Waals surface area contributed by atoms with Gasteiger partial charge in [-0.3, -0.25) is 0 Å². The predicted molar refractivity (Wildman–Crippen MR) is 69.3 cm³/mol. The molecule has 0 spiro atoms. The molecule has 1 N–H and O–H groups in total. The first kappa shape index (κ1) is 13.5. The molecule has 2 aromatic rings. The van der Waals surface area contributed by atoms with E-state index in [1.54, 1.807) is 12.1 Å². The summed E-state index contributed by atoms with van der Waals surface area (Å²) in [7, 11) is 0. The van der Waals surface area contributed by atoms with Crippen molar-refractivity contribution < 1.29 is 18.7 Å². The van der Waals surface area contributed by atoms with Crippen molar-refractivity contribution in [1.29, 1.82) is 0 Å². The van der Waals surface area contributed by atoms with Gasteiger partial charge in [0.25, 0.3) is 0 Å². The van der Waals surface area contributed by atoms with Gasteiger partial charge in [-0.15, -0.1) is 11.8 Å². The van der Waals surface area contributed by atoms with Gasteiger partial charge in [0.05, 0.1) is 5.56 Å². The Balaban J connectivity index is 2.15. The summed E-state index contributed by atoms with van der Waals surface area (Å²) in [4.78, 5) is 11.5. The monoisotopic (exact) mass is 280 g/mol. The van der Waals surface area contributed by atoms with Crippen LogP contribution >= 0.6 is 11.8 Å². The van der Waals surface area contributed by atoms with E-state index in [0.717, 1.165) is 0 Å². The van der Waals surface area contributed by atoms with Crippen molar-refractivity contribution in [3.05, 3.63) is 65.2 Å². The lowest BCUT2D eigenvalue weighted by molar-refractivity contribution is 0.0696. The van der Waals surface area contributed by atoms with Gasteiger partial charge in [0.15, 0.2) is 0 Å². The van der Waals surface area contributed by atoms with E-state index in [-0.39, 0.29) is 16.9 Å². The molecular weight excluding hydrogens is 270 g/mol. The maximum Gasteiger partial charge on any atom is 0.335 e. The summed E-state index contributed by atoms with van der Waals surface area (Å²) < 4.78 is 26.8. The molecule has 0 aliphatic rings. The number of carboxylic acid groups (broad SMARTS) is 1. The SMILES string of the molecule is O=C(O)c1cccc(SCc2c(F)cccc2F)c1. The van der Waals surface area contributed by atoms with E-state index in [4.69, 9.17) is 5.11 Å². The zero-order chi connectivity index (χ0) is 13.8. The van der Waals surface area contributed by atoms with Crippen molar-refractivity contribution in [2.45, 2.75) is 10.6 Å². The molecule has 2 rings (SSSR count). The standard InChI is InChI=1S/C14H10F2O2S/c15-12-5-2-6-13(16)11(12)8-19-10-4-1-3-9(7-10)14(17)18/h1-7H,8H2,(H,17,18). The third kappa shape index (κ3) is 3.32. The second-order valence-corrected chi connectivity index (χ2v) is 4.87. The van der Waals surface area contributed by atoms with Gasteiger partial charge in [0.2, 0.25) is 0 Å². The van der Waals surface area contributed by atoms with Crippen LogP contribution in [0.4, 0.5) is 8.78 Å². The Hall–Kier alpha value is -1.88. The summed E-state index contributed by atoms with van der Waals surface area (Å²) in [5.41, 5.74) is 0.146. The van der Waals surface area contributed by atoms with Gasteiger partial charge in [0.1, 0.15) is 11.6 Å². The van der Waals surface area contributed by atoms with Crippen molar-refractivity contribution in [2.24, 2.45) is 0 Å². The third-order valence-corrected chi connectivity index (χ3v) is 3.55. The molecule has 0 heterocycles. The van der Waals surface area contributed by atoms with Crippen LogP contribution in [0.25, 0.3) is 0 Å². The minimum atomic E-state index is -1.03. The summed E-state index contributed by atoms with van der Waals surface area (Å²) in [5.74, 6) is -2.11. The number of carboxylic acids is 1. The number of benzene rings is 2. The minimum Gasteiger partial charge on any atom is -0.478 e. The van der Waals surface area contributed by atoms with Crippen LogP contribution in [0.15, 0.2) is 47.4 Å². The van der Waals surface area contributed by atoms with Gasteiger partial charge in [-0.2, -0.15) is 0 Å². The van der Waals surface area contributed by atoms with Crippen LogP contribution in [0, 0.1) is 11.6 Å². The number of halogens is 2. The number of thioether (sulfide) groups is 1. The lowest BCUT2D eigenvalue weighted by Crippen LogP contribution is -1.96. The summed E-state index contributed by atoms with van der Waals surface area (Å²) in [5, 5.41) is 8.85. The topological polar surface area (TPSA) is 37.3 Å². The molecule has 0 aliphatic heterocycles. The fourth-order valence-corrected chi connectivity index (χ4v) is 2.52. The second-order valence-electron chi connectivity index (χ2n) is 3.82. The molecule has 2 aromatic carbocycles. The molecule has 0 amide bonds. The Labute approximate surface area is 113 Å². The van der Waals surface area contributed by atoms with E-state index >= 15 is 0 Å². The summed E-state index contributed by atoms with van der Waals surface area (Å²) in [6.45, 7) is 0. The van der Waals surface area contributed by atoms with Crippen LogP contribution in [0.2, 0.25) is 0 Å². The fourth-order valence-electron chi connectivity index (χ4n) is 1.54. The largest absolute Gasteiger partial charge is 0.478 e. The maximum atomic E-state index is 13.4. The highest BCUT2D eigenvalue weighted by Gasteiger charge is 2.09. The lowest BCUT2D eigenvalue weighted by atomic mass is 10.2. The van der Waals surface area contributed by atoms with Crippen molar-refractivity contribution in [3.63, 3.8) is 0 Å². The smallest absolute Gasteiger partial charge is 0.335 e. The fraction of sp³-hybridized carbons (Fsp3) is 0.0714. The molecule has 0 aromatic heterocycles. The number of carbonyl (C=O) groups is 1. The van der Waals surface area contributed by atoms with Gasteiger partial charge in [-0.05, 0) is 30.3 Å². The zero-order valence-electron chi connectivity index (χ0n) is 9.77. The van der Waals surface area contributed by atoms with Gasteiger partial charge in [-0.25, -0.2) is 13.6 Å². The summed E-state index contributed by atoms with van der Waals surface area (Å²) in [6, 6.07) is 9.96. The average Bonchev–Trinajstić information content (AvgIpc) is 2.38. The van der Waals surface area contributed by atoms with Crippen LogP contribution in [0.3, 0.4) is 0 Å². The molecule has 0 fully saturated rings. The van der Waals surface area contributed by atoms with E-state index < -0.39 is 17.6 Å². The molecule has 0 aliphatic carbocycles. The first-order chi connectivity index (χ1) is 9.08. The Morgan fingerprint density at radius 3 is 2.37 bits per heavy atom. The molecule has 0 bridgehead atoms. The highest BCUT2D eigenvalue weighted by molar-refractivity contribution is 7.98. The van der Waals surface area contributed by atoms with Crippen molar-refractivity contribution in [1.82, 2.24) is 0 Å². The van der Waals surface area contributed by atoms with Crippen molar-refractivity contribution in [3.8, 4) is 0 Å². The number of rotatable bonds is 4. The van der Waals surface area contributed by atoms with E-state index in [1.165, 1.54) is 42.1 Å². The molecule has 19 heavy (non-hydrogen) atoms. The number of hydrogen-bond donors (Lipinski definition) is 1. The van der Waals surface area contributed by atoms with E-state index in [9.17, 15) is 13.6 Å². The zero-order valence-corrected chi connectivity index (χ0v) is 10.6. The molecule has 0 atom stereocenters. The summed E-state index contributed by atoms with van der Waals surface area (Å²) in [6.07, 6.45) is 0. The normalized spacial score (nSPS) is 10.4. The van der Waals surface area contributed by atoms with Crippen LogP contribution in [0.5, 0.6) is 0 Å². The van der Waals surface area contributed by atoms with Crippen LogP contribution < -0.4 is 0 Å². The lowest BCUT2D eigenvalue weighted by Gasteiger charge is -2.05. The maximum absolute atomic E-state index is 13.4. The minimum absolute atomic E-state index is 0.00627. The highest BCUT2D eigenvalue weighted by Crippen LogP contribution is 2.26. The van der Waals surface area contributed by atoms with Gasteiger partial charge in [-0.1, -0.05) is 12.1 Å². The molecule has 0 saturated heterocycles. The molecule has 0 unspecified atom stereocenters. The van der Waals surface area contributed by atoms with Gasteiger partial charge in [0, 0.05) is 16.2 Å². The van der Waals surface area contributed by atoms with Crippen molar-refractivity contribution >= 4 is 17.7 Å². The van der Waals surface area contributed by atoms with E-state index in [2.05, 4.69) is 0 Å². The molecule has 0 saturated carbocycles. The molecule has 5 heteroatoms. The predicted octanol–water partition coefficient (Wildman–Crippen LogP) is 3.96. The van der Waals surface area contributed by atoms with Gasteiger partial charge < -0.3 is 5.11 Å². The average molecular weight is 280 g/mol. The molecule has 98 valence electrons. The van der Waals surface area contributed by atoms with Gasteiger partial charge >= 0.3 is 5.97 Å². The Bertz CT molecular complexity index is 594. The molecule has 0 radical (unpaired) electrons. The Kier molecular flexibility index (Phi) is 4.16.